The van der Waals surface area contributed by atoms with Gasteiger partial charge in [0.2, 0.25) is 5.91 Å². The van der Waals surface area contributed by atoms with Gasteiger partial charge in [0.05, 0.1) is 5.92 Å². The maximum Gasteiger partial charge on any atom is 0.227 e. The molecule has 1 amide bonds. The van der Waals surface area contributed by atoms with E-state index < -0.39 is 0 Å². The third-order valence-electron chi connectivity index (χ3n) is 3.86. The second-order valence-corrected chi connectivity index (χ2v) is 5.99. The number of piperidine rings is 1. The number of carbonyl (C=O) groups excluding carboxylic acids is 1. The molecular formula is C14H26N2O. The summed E-state index contributed by atoms with van der Waals surface area (Å²) in [6, 6.07) is 0.572. The predicted molar refractivity (Wildman–Crippen MR) is 69.8 cm³/mol. The zero-order valence-corrected chi connectivity index (χ0v) is 11.2. The second-order valence-electron chi connectivity index (χ2n) is 5.99. The maximum absolute atomic E-state index is 12.5. The fraction of sp³-hybridized carbons (Fsp3) is 0.929. The van der Waals surface area contributed by atoms with Gasteiger partial charge in [-0.3, -0.25) is 4.79 Å². The van der Waals surface area contributed by atoms with Crippen LogP contribution >= 0.6 is 0 Å². The van der Waals surface area contributed by atoms with Gasteiger partial charge in [0.15, 0.2) is 0 Å². The van der Waals surface area contributed by atoms with E-state index in [1.807, 2.05) is 0 Å². The van der Waals surface area contributed by atoms with Crippen molar-refractivity contribution in [1.82, 2.24) is 10.2 Å². The Kier molecular flexibility index (Phi) is 4.43. The molecule has 0 aromatic rings. The van der Waals surface area contributed by atoms with Crippen molar-refractivity contribution in [2.75, 3.05) is 19.6 Å². The van der Waals surface area contributed by atoms with Crippen molar-refractivity contribution in [3.05, 3.63) is 0 Å². The molecular weight excluding hydrogens is 212 g/mol. The molecule has 1 saturated heterocycles. The van der Waals surface area contributed by atoms with Crippen LogP contribution < -0.4 is 5.32 Å². The molecule has 2 aliphatic rings. The van der Waals surface area contributed by atoms with Crippen LogP contribution in [-0.2, 0) is 4.79 Å². The Bertz CT molecular complexity index is 255. The Morgan fingerprint density at radius 2 is 2.12 bits per heavy atom. The molecule has 2 fully saturated rings. The van der Waals surface area contributed by atoms with E-state index in [2.05, 4.69) is 24.1 Å². The minimum atomic E-state index is 0.247. The number of carbonyl (C=O) groups is 1. The van der Waals surface area contributed by atoms with E-state index in [1.165, 1.54) is 12.8 Å². The van der Waals surface area contributed by atoms with Gasteiger partial charge < -0.3 is 10.2 Å². The van der Waals surface area contributed by atoms with Gasteiger partial charge in [0.25, 0.3) is 0 Å². The van der Waals surface area contributed by atoms with Crippen molar-refractivity contribution < 1.29 is 4.79 Å². The molecule has 2 rings (SSSR count). The summed E-state index contributed by atoms with van der Waals surface area (Å²) in [6.45, 7) is 7.41. The molecule has 0 aromatic heterocycles. The molecule has 1 aliphatic heterocycles. The van der Waals surface area contributed by atoms with E-state index in [-0.39, 0.29) is 5.92 Å². The Balaban J connectivity index is 1.87. The van der Waals surface area contributed by atoms with Gasteiger partial charge in [-0.15, -0.1) is 0 Å². The number of hydrogen-bond acceptors (Lipinski definition) is 2. The smallest absolute Gasteiger partial charge is 0.227 e. The van der Waals surface area contributed by atoms with Gasteiger partial charge in [-0.25, -0.2) is 0 Å². The molecule has 1 N–H and O–H groups in total. The highest BCUT2D eigenvalue weighted by molar-refractivity contribution is 5.79. The molecule has 0 bridgehead atoms. The summed E-state index contributed by atoms with van der Waals surface area (Å²) in [5, 5.41) is 3.35. The summed E-state index contributed by atoms with van der Waals surface area (Å²) in [5.41, 5.74) is 0. The van der Waals surface area contributed by atoms with Gasteiger partial charge in [-0.2, -0.15) is 0 Å². The summed E-state index contributed by atoms with van der Waals surface area (Å²) < 4.78 is 0. The number of amides is 1. The Hall–Kier alpha value is -0.570. The quantitative estimate of drug-likeness (QED) is 0.795. The van der Waals surface area contributed by atoms with Gasteiger partial charge in [-0.1, -0.05) is 13.8 Å². The summed E-state index contributed by atoms with van der Waals surface area (Å²) in [7, 11) is 0. The monoisotopic (exact) mass is 238 g/mol. The predicted octanol–water partition coefficient (Wildman–Crippen LogP) is 2.02. The largest absolute Gasteiger partial charge is 0.339 e. The number of nitrogens with zero attached hydrogens (tertiary/aromatic N) is 1. The number of hydrogen-bond donors (Lipinski definition) is 1. The van der Waals surface area contributed by atoms with Crippen LogP contribution in [-0.4, -0.2) is 36.5 Å². The Morgan fingerprint density at radius 1 is 1.35 bits per heavy atom. The highest BCUT2D eigenvalue weighted by Crippen LogP contribution is 2.29. The van der Waals surface area contributed by atoms with Crippen molar-refractivity contribution >= 4 is 5.91 Å². The van der Waals surface area contributed by atoms with Crippen LogP contribution in [0, 0.1) is 11.8 Å². The van der Waals surface area contributed by atoms with E-state index in [4.69, 9.17) is 0 Å². The van der Waals surface area contributed by atoms with Crippen LogP contribution in [0.5, 0.6) is 0 Å². The molecule has 17 heavy (non-hydrogen) atoms. The van der Waals surface area contributed by atoms with Crippen LogP contribution in [0.15, 0.2) is 0 Å². The van der Waals surface area contributed by atoms with E-state index >= 15 is 0 Å². The average Bonchev–Trinajstić information content (AvgIpc) is 3.14. The van der Waals surface area contributed by atoms with Crippen molar-refractivity contribution in [3.8, 4) is 0 Å². The highest BCUT2D eigenvalue weighted by Gasteiger charge is 2.35. The normalized spacial score (nSPS) is 25.0. The highest BCUT2D eigenvalue weighted by atomic mass is 16.2. The SMILES string of the molecule is CC(C)CCN(C(=O)[C@@H]1CCCNC1)C1CC1. The fourth-order valence-corrected chi connectivity index (χ4v) is 2.55. The first-order valence-corrected chi connectivity index (χ1v) is 7.19. The molecule has 3 heteroatoms. The van der Waals surface area contributed by atoms with E-state index in [1.54, 1.807) is 0 Å². The Morgan fingerprint density at radius 3 is 2.65 bits per heavy atom. The first-order chi connectivity index (χ1) is 8.18. The first-order valence-electron chi connectivity index (χ1n) is 7.19. The van der Waals surface area contributed by atoms with E-state index in [0.29, 0.717) is 17.9 Å². The van der Waals surface area contributed by atoms with Crippen LogP contribution in [0.25, 0.3) is 0 Å². The second kappa shape index (κ2) is 5.85. The topological polar surface area (TPSA) is 32.3 Å². The van der Waals surface area contributed by atoms with Gasteiger partial charge in [-0.05, 0) is 44.6 Å². The maximum atomic E-state index is 12.5. The molecule has 98 valence electrons. The van der Waals surface area contributed by atoms with Crippen molar-refractivity contribution in [3.63, 3.8) is 0 Å². The van der Waals surface area contributed by atoms with Gasteiger partial charge in [0, 0.05) is 19.1 Å². The minimum absolute atomic E-state index is 0.247. The average molecular weight is 238 g/mol. The lowest BCUT2D eigenvalue weighted by atomic mass is 9.97. The molecule has 0 radical (unpaired) electrons. The van der Waals surface area contributed by atoms with Crippen LogP contribution in [0.4, 0.5) is 0 Å². The number of rotatable bonds is 5. The third-order valence-corrected chi connectivity index (χ3v) is 3.86. The van der Waals surface area contributed by atoms with Crippen LogP contribution in [0.3, 0.4) is 0 Å². The zero-order valence-electron chi connectivity index (χ0n) is 11.2. The van der Waals surface area contributed by atoms with Gasteiger partial charge >= 0.3 is 0 Å². The minimum Gasteiger partial charge on any atom is -0.339 e. The lowest BCUT2D eigenvalue weighted by Crippen LogP contribution is -2.44. The van der Waals surface area contributed by atoms with Gasteiger partial charge in [0.1, 0.15) is 0 Å². The third kappa shape index (κ3) is 3.70. The van der Waals surface area contributed by atoms with Crippen molar-refractivity contribution in [2.45, 2.75) is 52.0 Å². The summed E-state index contributed by atoms with van der Waals surface area (Å²) in [5.74, 6) is 1.35. The van der Waals surface area contributed by atoms with Crippen molar-refractivity contribution in [1.29, 1.82) is 0 Å². The molecule has 0 spiro atoms. The fourth-order valence-electron chi connectivity index (χ4n) is 2.55. The zero-order chi connectivity index (χ0) is 12.3. The first kappa shape index (κ1) is 12.9. The molecule has 1 atom stereocenters. The standard InChI is InChI=1S/C14H26N2O/c1-11(2)7-9-16(13-5-6-13)14(17)12-4-3-8-15-10-12/h11-13,15H,3-10H2,1-2H3/t12-/m1/s1. The van der Waals surface area contributed by atoms with Crippen molar-refractivity contribution in [2.24, 2.45) is 11.8 Å². The summed E-state index contributed by atoms with van der Waals surface area (Å²) in [6.07, 6.45) is 5.83. The van der Waals surface area contributed by atoms with E-state index in [0.717, 1.165) is 38.9 Å². The van der Waals surface area contributed by atoms with Crippen LogP contribution in [0.2, 0.25) is 0 Å². The molecule has 1 heterocycles. The molecule has 1 aliphatic carbocycles. The molecule has 0 aromatic carbocycles. The lowest BCUT2D eigenvalue weighted by Gasteiger charge is -2.30. The molecule has 0 unspecified atom stereocenters. The lowest BCUT2D eigenvalue weighted by molar-refractivity contribution is -0.136. The Labute approximate surface area is 105 Å². The van der Waals surface area contributed by atoms with E-state index in [9.17, 15) is 4.79 Å². The molecule has 3 nitrogen and oxygen atoms in total. The number of nitrogens with one attached hydrogen (secondary N) is 1. The summed E-state index contributed by atoms with van der Waals surface area (Å²) >= 11 is 0. The summed E-state index contributed by atoms with van der Waals surface area (Å²) in [4.78, 5) is 14.7. The van der Waals surface area contributed by atoms with Crippen LogP contribution in [0.1, 0.15) is 46.0 Å². The molecule has 1 saturated carbocycles.